The topological polar surface area (TPSA) is 69.0 Å². The monoisotopic (exact) mass is 187 g/mol. The molecule has 70 valence electrons. The zero-order valence-corrected chi connectivity index (χ0v) is 7.51. The van der Waals surface area contributed by atoms with Crippen molar-refractivity contribution in [3.8, 4) is 11.8 Å². The van der Waals surface area contributed by atoms with Gasteiger partial charge in [0.25, 0.3) is 0 Å². The van der Waals surface area contributed by atoms with Crippen LogP contribution in [0.3, 0.4) is 0 Å². The van der Waals surface area contributed by atoms with Crippen molar-refractivity contribution in [2.45, 2.75) is 6.61 Å². The van der Waals surface area contributed by atoms with E-state index < -0.39 is 0 Å². The van der Waals surface area contributed by atoms with Crippen LogP contribution in [0, 0.1) is 11.8 Å². The Labute approximate surface area is 81.8 Å². The molecule has 14 heavy (non-hydrogen) atoms. The van der Waals surface area contributed by atoms with Crippen LogP contribution in [0.15, 0.2) is 29.4 Å². The molecule has 0 aromatic heterocycles. The second-order valence-electron chi connectivity index (χ2n) is 2.55. The first-order valence-corrected chi connectivity index (χ1v) is 4.06. The largest absolute Gasteiger partial charge is 0.392 e. The molecule has 0 atom stereocenters. The number of rotatable bonds is 2. The van der Waals surface area contributed by atoms with Gasteiger partial charge >= 0.3 is 0 Å². The highest BCUT2D eigenvalue weighted by molar-refractivity contribution is 5.36. The van der Waals surface area contributed by atoms with Gasteiger partial charge in [-0.1, -0.05) is 29.1 Å². The minimum absolute atomic E-state index is 0.0342. The second kappa shape index (κ2) is 5.65. The molecule has 0 amide bonds. The SMILES string of the molecule is [N-]=[N+]=NCC#Cc1ccc(CO)cc1. The fourth-order valence-corrected chi connectivity index (χ4v) is 0.902. The Balaban J connectivity index is 2.66. The molecule has 0 unspecified atom stereocenters. The molecule has 1 aromatic carbocycles. The van der Waals surface area contributed by atoms with E-state index in [1.807, 2.05) is 12.1 Å². The summed E-state index contributed by atoms with van der Waals surface area (Å²) in [6.45, 7) is 0.213. The standard InChI is InChI=1S/C10H9N3O/c11-13-12-7-1-2-9-3-5-10(8-14)6-4-9/h3-6,14H,7-8H2. The highest BCUT2D eigenvalue weighted by atomic mass is 16.3. The van der Waals surface area contributed by atoms with Crippen LogP contribution in [0.5, 0.6) is 0 Å². The van der Waals surface area contributed by atoms with Gasteiger partial charge in [-0.25, -0.2) is 0 Å². The normalized spacial score (nSPS) is 8.36. The molecule has 0 radical (unpaired) electrons. The van der Waals surface area contributed by atoms with Gasteiger partial charge in [-0.2, -0.15) is 0 Å². The molecule has 0 spiro atoms. The smallest absolute Gasteiger partial charge is 0.0880 e. The third kappa shape index (κ3) is 3.20. The number of aliphatic hydroxyl groups excluding tert-OH is 1. The summed E-state index contributed by atoms with van der Waals surface area (Å²) in [7, 11) is 0. The molecule has 0 aliphatic rings. The Kier molecular flexibility index (Phi) is 4.09. The quantitative estimate of drug-likeness (QED) is 0.326. The van der Waals surface area contributed by atoms with Crippen LogP contribution >= 0.6 is 0 Å². The predicted octanol–water partition coefficient (Wildman–Crippen LogP) is 1.84. The van der Waals surface area contributed by atoms with Gasteiger partial charge in [0.1, 0.15) is 0 Å². The van der Waals surface area contributed by atoms with Gasteiger partial charge in [0, 0.05) is 10.5 Å². The lowest BCUT2D eigenvalue weighted by molar-refractivity contribution is 0.282. The molecule has 0 aliphatic heterocycles. The number of benzene rings is 1. The fourth-order valence-electron chi connectivity index (χ4n) is 0.902. The van der Waals surface area contributed by atoms with Gasteiger partial charge in [-0.15, -0.1) is 0 Å². The van der Waals surface area contributed by atoms with Gasteiger partial charge in [-0.05, 0) is 23.2 Å². The second-order valence-corrected chi connectivity index (χ2v) is 2.55. The lowest BCUT2D eigenvalue weighted by Crippen LogP contribution is -1.82. The predicted molar refractivity (Wildman–Crippen MR) is 53.3 cm³/mol. The molecule has 0 saturated heterocycles. The Morgan fingerprint density at radius 1 is 1.36 bits per heavy atom. The van der Waals surface area contributed by atoms with E-state index in [0.717, 1.165) is 11.1 Å². The summed E-state index contributed by atoms with van der Waals surface area (Å²) in [6, 6.07) is 7.23. The van der Waals surface area contributed by atoms with E-state index >= 15 is 0 Å². The summed E-state index contributed by atoms with van der Waals surface area (Å²) in [5.74, 6) is 5.54. The third-order valence-corrected chi connectivity index (χ3v) is 1.58. The number of azide groups is 1. The van der Waals surface area contributed by atoms with Crippen molar-refractivity contribution in [1.29, 1.82) is 0 Å². The molecule has 0 fully saturated rings. The van der Waals surface area contributed by atoms with Crippen molar-refractivity contribution < 1.29 is 5.11 Å². The van der Waals surface area contributed by atoms with Crippen molar-refractivity contribution in [3.05, 3.63) is 45.8 Å². The highest BCUT2D eigenvalue weighted by Gasteiger charge is 1.88. The summed E-state index contributed by atoms with van der Waals surface area (Å²) in [5.41, 5.74) is 9.69. The summed E-state index contributed by atoms with van der Waals surface area (Å²) in [4.78, 5) is 2.58. The first kappa shape index (κ1) is 10.1. The van der Waals surface area contributed by atoms with Gasteiger partial charge in [0.05, 0.1) is 13.2 Å². The molecule has 0 bridgehead atoms. The average molecular weight is 187 g/mol. The number of aliphatic hydroxyl groups is 1. The van der Waals surface area contributed by atoms with Crippen LogP contribution in [0.4, 0.5) is 0 Å². The average Bonchev–Trinajstić information content (AvgIpc) is 2.25. The Bertz CT molecular complexity index is 394. The van der Waals surface area contributed by atoms with Crippen LogP contribution in [-0.2, 0) is 6.61 Å². The number of nitrogens with zero attached hydrogens (tertiary/aromatic N) is 3. The fraction of sp³-hybridized carbons (Fsp3) is 0.200. The zero-order valence-electron chi connectivity index (χ0n) is 7.51. The van der Waals surface area contributed by atoms with Crippen molar-refractivity contribution in [1.82, 2.24) is 0 Å². The van der Waals surface area contributed by atoms with Crippen LogP contribution in [0.2, 0.25) is 0 Å². The molecule has 1 aromatic rings. The summed E-state index contributed by atoms with van der Waals surface area (Å²) < 4.78 is 0. The van der Waals surface area contributed by atoms with Crippen molar-refractivity contribution in [3.63, 3.8) is 0 Å². The van der Waals surface area contributed by atoms with E-state index in [1.54, 1.807) is 12.1 Å². The Hall–Kier alpha value is -1.95. The first-order chi connectivity index (χ1) is 6.86. The van der Waals surface area contributed by atoms with E-state index in [0.29, 0.717) is 0 Å². The maximum atomic E-state index is 8.78. The number of hydrogen-bond donors (Lipinski definition) is 1. The zero-order chi connectivity index (χ0) is 10.2. The Morgan fingerprint density at radius 3 is 2.64 bits per heavy atom. The van der Waals surface area contributed by atoms with Gasteiger partial charge in [0.2, 0.25) is 0 Å². The molecule has 4 heteroatoms. The van der Waals surface area contributed by atoms with Crippen molar-refractivity contribution >= 4 is 0 Å². The van der Waals surface area contributed by atoms with Crippen LogP contribution in [0.25, 0.3) is 10.4 Å². The summed E-state index contributed by atoms with van der Waals surface area (Å²) in [6.07, 6.45) is 0. The molecule has 1 N–H and O–H groups in total. The minimum Gasteiger partial charge on any atom is -0.392 e. The van der Waals surface area contributed by atoms with Gasteiger partial charge in [0.15, 0.2) is 0 Å². The van der Waals surface area contributed by atoms with Crippen LogP contribution in [0.1, 0.15) is 11.1 Å². The minimum atomic E-state index is 0.0342. The van der Waals surface area contributed by atoms with Crippen molar-refractivity contribution in [2.75, 3.05) is 6.54 Å². The van der Waals surface area contributed by atoms with E-state index in [1.165, 1.54) is 0 Å². The van der Waals surface area contributed by atoms with E-state index in [4.69, 9.17) is 10.6 Å². The van der Waals surface area contributed by atoms with E-state index in [-0.39, 0.29) is 13.2 Å². The maximum Gasteiger partial charge on any atom is 0.0880 e. The molecule has 1 rings (SSSR count). The van der Waals surface area contributed by atoms with Crippen molar-refractivity contribution in [2.24, 2.45) is 5.11 Å². The lowest BCUT2D eigenvalue weighted by atomic mass is 10.1. The number of hydrogen-bond acceptors (Lipinski definition) is 2. The molecular formula is C10H9N3O. The van der Waals surface area contributed by atoms with Gasteiger partial charge in [-0.3, -0.25) is 0 Å². The summed E-state index contributed by atoms with van der Waals surface area (Å²) >= 11 is 0. The molecule has 4 nitrogen and oxygen atoms in total. The van der Waals surface area contributed by atoms with Crippen LogP contribution in [-0.4, -0.2) is 11.7 Å². The first-order valence-electron chi connectivity index (χ1n) is 4.06. The third-order valence-electron chi connectivity index (χ3n) is 1.58. The highest BCUT2D eigenvalue weighted by Crippen LogP contribution is 2.02. The van der Waals surface area contributed by atoms with Crippen LogP contribution < -0.4 is 0 Å². The summed E-state index contributed by atoms with van der Waals surface area (Å²) in [5, 5.41) is 12.1. The Morgan fingerprint density at radius 2 is 2.07 bits per heavy atom. The maximum absolute atomic E-state index is 8.78. The molecular weight excluding hydrogens is 178 g/mol. The molecule has 0 aliphatic carbocycles. The van der Waals surface area contributed by atoms with E-state index in [2.05, 4.69) is 21.9 Å². The molecule has 0 saturated carbocycles. The molecule has 0 heterocycles. The lowest BCUT2D eigenvalue weighted by Gasteiger charge is -1.94. The van der Waals surface area contributed by atoms with E-state index in [9.17, 15) is 0 Å². The van der Waals surface area contributed by atoms with Gasteiger partial charge < -0.3 is 5.11 Å².